The second kappa shape index (κ2) is 7.94. The monoisotopic (exact) mass is 309 g/mol. The van der Waals surface area contributed by atoms with Crippen LogP contribution in [0, 0.1) is 0 Å². The van der Waals surface area contributed by atoms with Crippen molar-refractivity contribution < 1.29 is 14.3 Å². The summed E-state index contributed by atoms with van der Waals surface area (Å²) in [5.74, 6) is 0.253. The van der Waals surface area contributed by atoms with Crippen LogP contribution in [0.4, 0.5) is 0 Å². The quantitative estimate of drug-likeness (QED) is 0.608. The van der Waals surface area contributed by atoms with Gasteiger partial charge in [-0.25, -0.2) is 0 Å². The number of ketones is 1. The molecule has 0 bridgehead atoms. The maximum Gasteiger partial charge on any atom is 0.259 e. The van der Waals surface area contributed by atoms with E-state index in [9.17, 15) is 9.59 Å². The highest BCUT2D eigenvalue weighted by atomic mass is 16.5. The number of likely N-dealkylation sites (N-methyl/N-ethyl adjacent to an activating group) is 1. The van der Waals surface area contributed by atoms with E-state index in [4.69, 9.17) is 4.74 Å². The predicted molar refractivity (Wildman–Crippen MR) is 90.4 cm³/mol. The normalized spacial score (nSPS) is 10.5. The Bertz CT molecular complexity index is 706. The van der Waals surface area contributed by atoms with Crippen molar-refractivity contribution in [3.63, 3.8) is 0 Å². The molecular formula is C19H19NO3. The molecule has 0 aliphatic rings. The average Bonchev–Trinajstić information content (AvgIpc) is 2.58. The largest absolute Gasteiger partial charge is 0.484 e. The molecule has 2 aromatic carbocycles. The Morgan fingerprint density at radius 1 is 1.04 bits per heavy atom. The van der Waals surface area contributed by atoms with Crippen LogP contribution in [-0.2, 0) is 4.79 Å². The molecule has 0 saturated carbocycles. The molecule has 1 amide bonds. The first-order chi connectivity index (χ1) is 11.1. The molecule has 0 radical (unpaired) electrons. The lowest BCUT2D eigenvalue weighted by Crippen LogP contribution is -2.27. The smallest absolute Gasteiger partial charge is 0.259 e. The van der Waals surface area contributed by atoms with E-state index in [0.29, 0.717) is 11.3 Å². The summed E-state index contributed by atoms with van der Waals surface area (Å²) in [7, 11) is 3.33. The van der Waals surface area contributed by atoms with Gasteiger partial charge in [-0.1, -0.05) is 48.5 Å². The topological polar surface area (TPSA) is 46.6 Å². The van der Waals surface area contributed by atoms with Crippen molar-refractivity contribution in [1.29, 1.82) is 0 Å². The minimum atomic E-state index is -0.134. The van der Waals surface area contributed by atoms with E-state index in [2.05, 4.69) is 0 Å². The van der Waals surface area contributed by atoms with Crippen LogP contribution in [0.5, 0.6) is 5.75 Å². The van der Waals surface area contributed by atoms with Crippen LogP contribution in [-0.4, -0.2) is 37.3 Å². The zero-order valence-electron chi connectivity index (χ0n) is 13.2. The van der Waals surface area contributed by atoms with Gasteiger partial charge in [-0.15, -0.1) is 0 Å². The van der Waals surface area contributed by atoms with Gasteiger partial charge in [0, 0.05) is 19.7 Å². The van der Waals surface area contributed by atoms with Crippen LogP contribution in [0.3, 0.4) is 0 Å². The van der Waals surface area contributed by atoms with Crippen LogP contribution in [0.1, 0.15) is 15.9 Å². The lowest BCUT2D eigenvalue weighted by atomic mass is 10.1. The Hall–Kier alpha value is -2.88. The van der Waals surface area contributed by atoms with Crippen molar-refractivity contribution in [3.8, 4) is 5.75 Å². The number of carbonyl (C=O) groups is 2. The molecule has 4 heteroatoms. The van der Waals surface area contributed by atoms with Gasteiger partial charge in [-0.05, 0) is 23.8 Å². The number of ether oxygens (including phenoxy) is 1. The number of amides is 1. The van der Waals surface area contributed by atoms with Crippen molar-refractivity contribution in [2.45, 2.75) is 0 Å². The van der Waals surface area contributed by atoms with Gasteiger partial charge in [0.2, 0.25) is 0 Å². The number of nitrogens with zero attached hydrogens (tertiary/aromatic N) is 1. The number of hydrogen-bond acceptors (Lipinski definition) is 3. The lowest BCUT2D eigenvalue weighted by Gasteiger charge is -2.11. The standard InChI is InChI=1S/C19H19NO3/c1-20(2)19(22)14-23-17-10-6-9-16(13-17)18(21)12-11-15-7-4-3-5-8-15/h3-13H,14H2,1-2H3. The number of benzene rings is 2. The molecule has 0 unspecified atom stereocenters. The predicted octanol–water partition coefficient (Wildman–Crippen LogP) is 3.05. The summed E-state index contributed by atoms with van der Waals surface area (Å²) in [6, 6.07) is 16.4. The van der Waals surface area contributed by atoms with E-state index < -0.39 is 0 Å². The van der Waals surface area contributed by atoms with Crippen molar-refractivity contribution >= 4 is 17.8 Å². The van der Waals surface area contributed by atoms with Gasteiger partial charge >= 0.3 is 0 Å². The first-order valence-corrected chi connectivity index (χ1v) is 7.27. The Kier molecular flexibility index (Phi) is 5.69. The molecule has 0 saturated heterocycles. The molecule has 0 N–H and O–H groups in total. The summed E-state index contributed by atoms with van der Waals surface area (Å²) in [5.41, 5.74) is 1.48. The third-order valence-electron chi connectivity index (χ3n) is 3.21. The highest BCUT2D eigenvalue weighted by Gasteiger charge is 2.07. The Morgan fingerprint density at radius 3 is 2.48 bits per heavy atom. The molecule has 0 atom stereocenters. The van der Waals surface area contributed by atoms with Crippen molar-refractivity contribution in [3.05, 3.63) is 71.8 Å². The fourth-order valence-corrected chi connectivity index (χ4v) is 1.85. The van der Waals surface area contributed by atoms with Gasteiger partial charge in [-0.3, -0.25) is 9.59 Å². The summed E-state index contributed by atoms with van der Waals surface area (Å²) >= 11 is 0. The maximum absolute atomic E-state index is 12.2. The minimum absolute atomic E-state index is 0.0511. The third-order valence-corrected chi connectivity index (χ3v) is 3.21. The van der Waals surface area contributed by atoms with E-state index in [1.54, 1.807) is 44.4 Å². The molecule has 0 spiro atoms. The number of allylic oxidation sites excluding steroid dienone is 1. The highest BCUT2D eigenvalue weighted by Crippen LogP contribution is 2.15. The van der Waals surface area contributed by atoms with Gasteiger partial charge in [0.25, 0.3) is 5.91 Å². The summed E-state index contributed by atoms with van der Waals surface area (Å²) in [6.07, 6.45) is 3.30. The van der Waals surface area contributed by atoms with Crippen LogP contribution in [0.15, 0.2) is 60.7 Å². The number of hydrogen-bond donors (Lipinski definition) is 0. The molecule has 2 aromatic rings. The summed E-state index contributed by atoms with van der Waals surface area (Å²) in [5, 5.41) is 0. The molecule has 0 heterocycles. The van der Waals surface area contributed by atoms with Gasteiger partial charge in [0.1, 0.15) is 5.75 Å². The van der Waals surface area contributed by atoms with Crippen LogP contribution in [0.25, 0.3) is 6.08 Å². The molecule has 0 fully saturated rings. The highest BCUT2D eigenvalue weighted by molar-refractivity contribution is 6.07. The zero-order valence-corrected chi connectivity index (χ0v) is 13.2. The molecule has 118 valence electrons. The summed E-state index contributed by atoms with van der Waals surface area (Å²) in [4.78, 5) is 25.2. The second-order valence-electron chi connectivity index (χ2n) is 5.21. The fourth-order valence-electron chi connectivity index (χ4n) is 1.85. The van der Waals surface area contributed by atoms with Crippen molar-refractivity contribution in [2.75, 3.05) is 20.7 Å². The van der Waals surface area contributed by atoms with E-state index in [-0.39, 0.29) is 18.3 Å². The molecule has 2 rings (SSSR count). The zero-order chi connectivity index (χ0) is 16.7. The van der Waals surface area contributed by atoms with Gasteiger partial charge in [0.05, 0.1) is 0 Å². The van der Waals surface area contributed by atoms with E-state index in [1.807, 2.05) is 30.3 Å². The van der Waals surface area contributed by atoms with Crippen LogP contribution < -0.4 is 4.74 Å². The Labute approximate surface area is 136 Å². The van der Waals surface area contributed by atoms with Crippen molar-refractivity contribution in [2.24, 2.45) is 0 Å². The summed E-state index contributed by atoms with van der Waals surface area (Å²) in [6.45, 7) is -0.0511. The molecule has 0 aliphatic heterocycles. The van der Waals surface area contributed by atoms with Gasteiger partial charge < -0.3 is 9.64 Å². The lowest BCUT2D eigenvalue weighted by molar-refractivity contribution is -0.130. The Balaban J connectivity index is 2.02. The summed E-state index contributed by atoms with van der Waals surface area (Å²) < 4.78 is 5.42. The van der Waals surface area contributed by atoms with Gasteiger partial charge in [-0.2, -0.15) is 0 Å². The van der Waals surface area contributed by atoms with Crippen LogP contribution >= 0.6 is 0 Å². The number of rotatable bonds is 6. The second-order valence-corrected chi connectivity index (χ2v) is 5.21. The first kappa shape index (κ1) is 16.5. The van der Waals surface area contributed by atoms with E-state index >= 15 is 0 Å². The van der Waals surface area contributed by atoms with Gasteiger partial charge in [0.15, 0.2) is 12.4 Å². The number of carbonyl (C=O) groups excluding carboxylic acids is 2. The molecule has 23 heavy (non-hydrogen) atoms. The SMILES string of the molecule is CN(C)C(=O)COc1cccc(C(=O)C=Cc2ccccc2)c1. The Morgan fingerprint density at radius 2 is 1.78 bits per heavy atom. The first-order valence-electron chi connectivity index (χ1n) is 7.27. The third kappa shape index (κ3) is 5.11. The average molecular weight is 309 g/mol. The maximum atomic E-state index is 12.2. The van der Waals surface area contributed by atoms with E-state index in [1.165, 1.54) is 11.0 Å². The van der Waals surface area contributed by atoms with Crippen LogP contribution in [0.2, 0.25) is 0 Å². The van der Waals surface area contributed by atoms with Crippen molar-refractivity contribution in [1.82, 2.24) is 4.90 Å². The fraction of sp³-hybridized carbons (Fsp3) is 0.158. The molecule has 0 aromatic heterocycles. The molecule has 4 nitrogen and oxygen atoms in total. The minimum Gasteiger partial charge on any atom is -0.484 e. The van der Waals surface area contributed by atoms with E-state index in [0.717, 1.165) is 5.56 Å². The molecule has 0 aliphatic carbocycles. The molecular weight excluding hydrogens is 290 g/mol.